The highest BCUT2D eigenvalue weighted by Gasteiger charge is 2.18. The van der Waals surface area contributed by atoms with Gasteiger partial charge in [0.05, 0.1) is 14.2 Å². The Morgan fingerprint density at radius 3 is 2.08 bits per heavy atom. The van der Waals surface area contributed by atoms with E-state index in [0.717, 1.165) is 33.7 Å². The number of hydrogen-bond acceptors (Lipinski definition) is 5. The van der Waals surface area contributed by atoms with Gasteiger partial charge >= 0.3 is 5.97 Å². The van der Waals surface area contributed by atoms with Gasteiger partial charge in [0, 0.05) is 18.2 Å². The summed E-state index contributed by atoms with van der Waals surface area (Å²) in [6, 6.07) is 30.1. The van der Waals surface area contributed by atoms with Crippen LogP contribution in [0.3, 0.4) is 0 Å². The third kappa shape index (κ3) is 6.57. The molecule has 0 aliphatic carbocycles. The number of nitrogens with one attached hydrogen (secondary N) is 1. The highest BCUT2D eigenvalue weighted by Crippen LogP contribution is 2.27. The van der Waals surface area contributed by atoms with Crippen molar-refractivity contribution in [2.75, 3.05) is 19.5 Å². The van der Waals surface area contributed by atoms with E-state index in [1.54, 1.807) is 14.2 Å². The average molecular weight is 484 g/mol. The predicted molar refractivity (Wildman–Crippen MR) is 141 cm³/mol. The number of aliphatic carboxylic acids is 1. The first-order valence-corrected chi connectivity index (χ1v) is 11.6. The maximum atomic E-state index is 11.8. The van der Waals surface area contributed by atoms with Crippen LogP contribution in [0, 0.1) is 0 Å². The number of ether oxygens (including phenoxy) is 3. The summed E-state index contributed by atoms with van der Waals surface area (Å²) in [7, 11) is 3.24. The number of rotatable bonds is 11. The normalized spacial score (nSPS) is 11.4. The summed E-state index contributed by atoms with van der Waals surface area (Å²) in [5, 5.41) is 12.9. The molecule has 0 heterocycles. The molecule has 2 N–H and O–H groups in total. The molecule has 0 aromatic heterocycles. The molecule has 0 amide bonds. The van der Waals surface area contributed by atoms with Crippen LogP contribution in [-0.2, 0) is 17.8 Å². The molecule has 1 unspecified atom stereocenters. The van der Waals surface area contributed by atoms with Gasteiger partial charge in [0.25, 0.3) is 0 Å². The zero-order chi connectivity index (χ0) is 25.3. The minimum absolute atomic E-state index is 0.379. The molecule has 36 heavy (non-hydrogen) atoms. The molecule has 4 aromatic carbocycles. The monoisotopic (exact) mass is 483 g/mol. The van der Waals surface area contributed by atoms with E-state index in [0.29, 0.717) is 24.5 Å². The summed E-state index contributed by atoms with van der Waals surface area (Å²) in [6.07, 6.45) is 0.394. The first kappa shape index (κ1) is 24.7. The lowest BCUT2D eigenvalue weighted by Crippen LogP contribution is -2.31. The summed E-state index contributed by atoms with van der Waals surface area (Å²) >= 11 is 0. The van der Waals surface area contributed by atoms with Gasteiger partial charge in [0.15, 0.2) is 0 Å². The molecule has 0 fully saturated rings. The Balaban J connectivity index is 1.42. The van der Waals surface area contributed by atoms with Crippen molar-refractivity contribution in [3.05, 3.63) is 108 Å². The lowest BCUT2D eigenvalue weighted by molar-refractivity contribution is -0.137. The zero-order valence-electron chi connectivity index (χ0n) is 20.3. The van der Waals surface area contributed by atoms with Crippen LogP contribution in [0.15, 0.2) is 97.1 Å². The molecule has 0 saturated carbocycles. The van der Waals surface area contributed by atoms with Crippen molar-refractivity contribution in [2.45, 2.75) is 19.1 Å². The van der Waals surface area contributed by atoms with Gasteiger partial charge < -0.3 is 24.6 Å². The van der Waals surface area contributed by atoms with Crippen molar-refractivity contribution in [1.82, 2.24) is 0 Å². The number of carbonyl (C=O) groups is 1. The molecular weight excluding hydrogens is 454 g/mol. The SMILES string of the molecule is COc1cc(COc2ccc(-c3cccc(NC(Cc4ccccc4)C(=O)O)c3)cc2)cc(OC)c1. The number of hydrogen-bond donors (Lipinski definition) is 2. The fourth-order valence-corrected chi connectivity index (χ4v) is 3.90. The maximum Gasteiger partial charge on any atom is 0.326 e. The molecule has 6 heteroatoms. The Morgan fingerprint density at radius 1 is 0.750 bits per heavy atom. The standard InChI is InChI=1S/C30H29NO5/c1-34-27-15-22(16-28(19-27)35-2)20-36-26-13-11-23(12-14-26)24-9-6-10-25(18-24)31-29(30(32)33)17-21-7-4-3-5-8-21/h3-16,18-19,29,31H,17,20H2,1-2H3,(H,32,33). The smallest absolute Gasteiger partial charge is 0.326 e. The first-order chi connectivity index (χ1) is 17.5. The van der Waals surface area contributed by atoms with E-state index < -0.39 is 12.0 Å². The lowest BCUT2D eigenvalue weighted by atomic mass is 10.0. The number of carboxylic acid groups (broad SMARTS) is 1. The van der Waals surface area contributed by atoms with Crippen LogP contribution >= 0.6 is 0 Å². The third-order valence-corrected chi connectivity index (χ3v) is 5.79. The molecular formula is C30H29NO5. The number of benzene rings is 4. The lowest BCUT2D eigenvalue weighted by Gasteiger charge is -2.17. The molecule has 0 aliphatic heterocycles. The average Bonchev–Trinajstić information content (AvgIpc) is 2.92. The fourth-order valence-electron chi connectivity index (χ4n) is 3.90. The van der Waals surface area contributed by atoms with Crippen LogP contribution in [-0.4, -0.2) is 31.3 Å². The van der Waals surface area contributed by atoms with Crippen LogP contribution < -0.4 is 19.5 Å². The molecule has 0 bridgehead atoms. The maximum absolute atomic E-state index is 11.8. The van der Waals surface area contributed by atoms with Gasteiger partial charge in [-0.1, -0.05) is 54.6 Å². The zero-order valence-corrected chi connectivity index (χ0v) is 20.3. The minimum atomic E-state index is -0.889. The fraction of sp³-hybridized carbons (Fsp3) is 0.167. The molecule has 0 saturated heterocycles. The van der Waals surface area contributed by atoms with E-state index in [1.165, 1.54) is 0 Å². The summed E-state index contributed by atoms with van der Waals surface area (Å²) in [5.74, 6) is 1.28. The highest BCUT2D eigenvalue weighted by molar-refractivity contribution is 5.78. The van der Waals surface area contributed by atoms with Crippen molar-refractivity contribution in [3.63, 3.8) is 0 Å². The highest BCUT2D eigenvalue weighted by atomic mass is 16.5. The van der Waals surface area contributed by atoms with Gasteiger partial charge in [-0.25, -0.2) is 4.79 Å². The Labute approximate surface area is 211 Å². The summed E-state index contributed by atoms with van der Waals surface area (Å²) < 4.78 is 16.6. The summed E-state index contributed by atoms with van der Waals surface area (Å²) in [5.41, 5.74) is 4.65. The molecule has 0 spiro atoms. The van der Waals surface area contributed by atoms with E-state index in [2.05, 4.69) is 5.32 Å². The Bertz CT molecular complexity index is 1270. The van der Waals surface area contributed by atoms with Gasteiger partial charge in [-0.3, -0.25) is 0 Å². The van der Waals surface area contributed by atoms with Crippen LogP contribution in [0.1, 0.15) is 11.1 Å². The van der Waals surface area contributed by atoms with E-state index in [9.17, 15) is 9.90 Å². The van der Waals surface area contributed by atoms with Gasteiger partial charge in [0.2, 0.25) is 0 Å². The van der Waals surface area contributed by atoms with Crippen molar-refractivity contribution < 1.29 is 24.1 Å². The topological polar surface area (TPSA) is 77.0 Å². The third-order valence-electron chi connectivity index (χ3n) is 5.79. The molecule has 184 valence electrons. The Morgan fingerprint density at radius 2 is 1.44 bits per heavy atom. The molecule has 0 aliphatic rings. The number of carboxylic acids is 1. The largest absolute Gasteiger partial charge is 0.497 e. The van der Waals surface area contributed by atoms with Crippen molar-refractivity contribution >= 4 is 11.7 Å². The first-order valence-electron chi connectivity index (χ1n) is 11.6. The molecule has 1 atom stereocenters. The van der Waals surface area contributed by atoms with Gasteiger partial charge in [-0.05, 0) is 58.7 Å². The predicted octanol–water partition coefficient (Wildman–Crippen LogP) is 6.06. The summed E-state index contributed by atoms with van der Waals surface area (Å²) in [4.78, 5) is 11.8. The molecule has 6 nitrogen and oxygen atoms in total. The van der Waals surface area contributed by atoms with Gasteiger partial charge in [-0.15, -0.1) is 0 Å². The van der Waals surface area contributed by atoms with Crippen LogP contribution in [0.5, 0.6) is 17.2 Å². The molecule has 4 rings (SSSR count). The number of methoxy groups -OCH3 is 2. The minimum Gasteiger partial charge on any atom is -0.497 e. The van der Waals surface area contributed by atoms with Gasteiger partial charge in [-0.2, -0.15) is 0 Å². The van der Waals surface area contributed by atoms with E-state index in [-0.39, 0.29) is 0 Å². The second kappa shape index (κ2) is 11.8. The van der Waals surface area contributed by atoms with Crippen LogP contribution in [0.25, 0.3) is 11.1 Å². The van der Waals surface area contributed by atoms with E-state index in [1.807, 2.05) is 97.1 Å². The van der Waals surface area contributed by atoms with E-state index in [4.69, 9.17) is 14.2 Å². The van der Waals surface area contributed by atoms with Crippen molar-refractivity contribution in [1.29, 1.82) is 0 Å². The van der Waals surface area contributed by atoms with Crippen LogP contribution in [0.2, 0.25) is 0 Å². The van der Waals surface area contributed by atoms with Gasteiger partial charge in [0.1, 0.15) is 29.9 Å². The number of anilines is 1. The summed E-state index contributed by atoms with van der Waals surface area (Å²) in [6.45, 7) is 0.379. The van der Waals surface area contributed by atoms with Crippen molar-refractivity contribution in [3.8, 4) is 28.4 Å². The quantitative estimate of drug-likeness (QED) is 0.270. The van der Waals surface area contributed by atoms with E-state index >= 15 is 0 Å². The second-order valence-corrected chi connectivity index (χ2v) is 8.34. The van der Waals surface area contributed by atoms with Crippen LogP contribution in [0.4, 0.5) is 5.69 Å². The molecule has 4 aromatic rings. The molecule has 0 radical (unpaired) electrons. The Hall–Kier alpha value is -4.45. The van der Waals surface area contributed by atoms with Crippen molar-refractivity contribution in [2.24, 2.45) is 0 Å². The Kier molecular flexibility index (Phi) is 8.08. The second-order valence-electron chi connectivity index (χ2n) is 8.34.